The molecule has 0 fully saturated rings. The van der Waals surface area contributed by atoms with Gasteiger partial charge < -0.3 is 4.42 Å². The van der Waals surface area contributed by atoms with Gasteiger partial charge in [-0.1, -0.05) is 18.2 Å². The topological polar surface area (TPSA) is 69.6 Å². The van der Waals surface area contributed by atoms with Crippen LogP contribution in [0.3, 0.4) is 0 Å². The first kappa shape index (κ1) is 12.0. The summed E-state index contributed by atoms with van der Waals surface area (Å²) in [7, 11) is 0. The number of hydrogen-bond acceptors (Lipinski definition) is 5. The van der Waals surface area contributed by atoms with Gasteiger partial charge in [-0.2, -0.15) is 20.1 Å². The molecular weight excluding hydrogens is 290 g/mol. The average molecular weight is 298 g/mol. The summed E-state index contributed by atoms with van der Waals surface area (Å²) < 4.78 is 7.25. The highest BCUT2D eigenvalue weighted by Crippen LogP contribution is 2.26. The summed E-state index contributed by atoms with van der Waals surface area (Å²) in [6.45, 7) is 0. The summed E-state index contributed by atoms with van der Waals surface area (Å²) in [5, 5.41) is 5.15. The minimum Gasteiger partial charge on any atom is -0.453 e. The van der Waals surface area contributed by atoms with E-state index < -0.39 is 0 Å². The van der Waals surface area contributed by atoms with E-state index in [1.807, 2.05) is 30.3 Å². The third kappa shape index (κ3) is 2.15. The molecule has 0 unspecified atom stereocenters. The predicted octanol–water partition coefficient (Wildman–Crippen LogP) is 3.12. The molecule has 0 atom stereocenters. The molecule has 4 rings (SSSR count). The van der Waals surface area contributed by atoms with Crippen LogP contribution in [-0.4, -0.2) is 24.7 Å². The highest BCUT2D eigenvalue weighted by Gasteiger charge is 2.13. The quantitative estimate of drug-likeness (QED) is 0.568. The van der Waals surface area contributed by atoms with Crippen LogP contribution >= 0.6 is 11.6 Å². The van der Waals surface area contributed by atoms with Crippen LogP contribution in [0.5, 0.6) is 0 Å². The Kier molecular flexibility index (Phi) is 2.68. The molecule has 0 N–H and O–H groups in total. The summed E-state index contributed by atoms with van der Waals surface area (Å²) in [6, 6.07) is 11.3. The minimum atomic E-state index is 0.0888. The maximum absolute atomic E-state index is 5.97. The van der Waals surface area contributed by atoms with E-state index >= 15 is 0 Å². The van der Waals surface area contributed by atoms with Crippen LogP contribution in [0.4, 0.5) is 0 Å². The van der Waals surface area contributed by atoms with Crippen LogP contribution in [-0.2, 0) is 0 Å². The van der Waals surface area contributed by atoms with Crippen LogP contribution in [0.25, 0.3) is 28.5 Å². The van der Waals surface area contributed by atoms with Crippen molar-refractivity contribution in [3.63, 3.8) is 0 Å². The number of aromatic nitrogens is 5. The van der Waals surface area contributed by atoms with Crippen LogP contribution in [0.1, 0.15) is 0 Å². The van der Waals surface area contributed by atoms with Crippen LogP contribution < -0.4 is 0 Å². The van der Waals surface area contributed by atoms with Gasteiger partial charge in [-0.05, 0) is 29.8 Å². The summed E-state index contributed by atoms with van der Waals surface area (Å²) in [4.78, 5) is 12.5. The molecule has 21 heavy (non-hydrogen) atoms. The Morgan fingerprint density at radius 2 is 1.95 bits per heavy atom. The monoisotopic (exact) mass is 297 g/mol. The van der Waals surface area contributed by atoms with Gasteiger partial charge >= 0.3 is 0 Å². The summed E-state index contributed by atoms with van der Waals surface area (Å²) >= 11 is 5.97. The second-order valence-electron chi connectivity index (χ2n) is 4.33. The van der Waals surface area contributed by atoms with E-state index in [0.717, 1.165) is 11.0 Å². The summed E-state index contributed by atoms with van der Waals surface area (Å²) in [6.07, 6.45) is 3.37. The van der Waals surface area contributed by atoms with Crippen LogP contribution in [0.2, 0.25) is 5.28 Å². The molecule has 0 spiro atoms. The van der Waals surface area contributed by atoms with Gasteiger partial charge in [0.15, 0.2) is 5.76 Å². The number of hydrogen-bond donors (Lipinski definition) is 0. The maximum atomic E-state index is 5.97. The SMILES string of the molecule is Clc1nc(-c2cc3ccccc3o2)nc(-n2cccn2)n1. The number of rotatable bonds is 2. The molecule has 1 aromatic carbocycles. The van der Waals surface area contributed by atoms with E-state index in [-0.39, 0.29) is 5.28 Å². The molecule has 0 amide bonds. The van der Waals surface area contributed by atoms with E-state index in [1.54, 1.807) is 18.5 Å². The van der Waals surface area contributed by atoms with Gasteiger partial charge in [0.05, 0.1) is 0 Å². The Morgan fingerprint density at radius 1 is 1.05 bits per heavy atom. The van der Waals surface area contributed by atoms with E-state index in [4.69, 9.17) is 16.0 Å². The molecule has 3 aromatic heterocycles. The smallest absolute Gasteiger partial charge is 0.255 e. The molecule has 0 saturated carbocycles. The normalized spacial score (nSPS) is 11.1. The minimum absolute atomic E-state index is 0.0888. The lowest BCUT2D eigenvalue weighted by Gasteiger charge is -2.01. The zero-order chi connectivity index (χ0) is 14.2. The number of para-hydroxylation sites is 1. The van der Waals surface area contributed by atoms with Crippen molar-refractivity contribution in [2.45, 2.75) is 0 Å². The van der Waals surface area contributed by atoms with Crippen LogP contribution in [0, 0.1) is 0 Å². The molecule has 0 aliphatic heterocycles. The number of halogens is 1. The fourth-order valence-corrected chi connectivity index (χ4v) is 2.19. The first-order chi connectivity index (χ1) is 10.3. The van der Waals surface area contributed by atoms with Crippen molar-refractivity contribution >= 4 is 22.6 Å². The van der Waals surface area contributed by atoms with Gasteiger partial charge in [0.1, 0.15) is 5.58 Å². The highest BCUT2D eigenvalue weighted by molar-refractivity contribution is 6.28. The molecular formula is C14H8ClN5O. The number of benzene rings is 1. The molecule has 7 heteroatoms. The van der Waals surface area contributed by atoms with E-state index in [9.17, 15) is 0 Å². The fourth-order valence-electron chi connectivity index (χ4n) is 2.03. The second-order valence-corrected chi connectivity index (χ2v) is 4.67. The van der Waals surface area contributed by atoms with Crippen molar-refractivity contribution < 1.29 is 4.42 Å². The first-order valence-corrected chi connectivity index (χ1v) is 6.58. The fraction of sp³-hybridized carbons (Fsp3) is 0. The first-order valence-electron chi connectivity index (χ1n) is 6.20. The zero-order valence-corrected chi connectivity index (χ0v) is 11.4. The van der Waals surface area contributed by atoms with Crippen molar-refractivity contribution in [3.8, 4) is 17.5 Å². The highest BCUT2D eigenvalue weighted by atomic mass is 35.5. The molecule has 4 aromatic rings. The number of furan rings is 1. The molecule has 0 saturated heterocycles. The summed E-state index contributed by atoms with van der Waals surface area (Å²) in [5.41, 5.74) is 0.768. The van der Waals surface area contributed by atoms with Gasteiger partial charge in [-0.3, -0.25) is 0 Å². The zero-order valence-electron chi connectivity index (χ0n) is 10.6. The number of fused-ring (bicyclic) bond motifs is 1. The van der Waals surface area contributed by atoms with Crippen molar-refractivity contribution in [1.29, 1.82) is 0 Å². The van der Waals surface area contributed by atoms with Crippen molar-refractivity contribution in [1.82, 2.24) is 24.7 Å². The Balaban J connectivity index is 1.88. The molecule has 0 aliphatic carbocycles. The maximum Gasteiger partial charge on any atom is 0.255 e. The van der Waals surface area contributed by atoms with Gasteiger partial charge in [0, 0.05) is 17.8 Å². The number of nitrogens with zero attached hydrogens (tertiary/aromatic N) is 5. The third-order valence-electron chi connectivity index (χ3n) is 2.95. The van der Waals surface area contributed by atoms with E-state index in [1.165, 1.54) is 4.68 Å². The largest absolute Gasteiger partial charge is 0.453 e. The molecule has 6 nitrogen and oxygen atoms in total. The third-order valence-corrected chi connectivity index (χ3v) is 3.12. The molecule has 0 aliphatic rings. The van der Waals surface area contributed by atoms with Gasteiger partial charge in [-0.15, -0.1) is 0 Å². The van der Waals surface area contributed by atoms with Crippen molar-refractivity contribution in [3.05, 3.63) is 54.1 Å². The predicted molar refractivity (Wildman–Crippen MR) is 77.2 cm³/mol. The van der Waals surface area contributed by atoms with Gasteiger partial charge in [0.2, 0.25) is 11.1 Å². The Morgan fingerprint density at radius 3 is 2.76 bits per heavy atom. The Bertz CT molecular complexity index is 883. The van der Waals surface area contributed by atoms with Crippen LogP contribution in [0.15, 0.2) is 53.2 Å². The second kappa shape index (κ2) is 4.68. The van der Waals surface area contributed by atoms with Gasteiger partial charge in [-0.25, -0.2) is 4.68 Å². The molecule has 0 radical (unpaired) electrons. The lowest BCUT2D eigenvalue weighted by atomic mass is 10.2. The molecule has 3 heterocycles. The summed E-state index contributed by atoms with van der Waals surface area (Å²) in [5.74, 6) is 1.25. The standard InChI is InChI=1S/C14H8ClN5O/c15-13-17-12(18-14(19-13)20-7-3-6-16-20)11-8-9-4-1-2-5-10(9)21-11/h1-8H. The average Bonchev–Trinajstić information content (AvgIpc) is 3.16. The van der Waals surface area contributed by atoms with E-state index in [2.05, 4.69) is 20.1 Å². The van der Waals surface area contributed by atoms with Crippen molar-refractivity contribution in [2.75, 3.05) is 0 Å². The van der Waals surface area contributed by atoms with E-state index in [0.29, 0.717) is 17.5 Å². The Hall–Kier alpha value is -2.73. The van der Waals surface area contributed by atoms with Gasteiger partial charge in [0.25, 0.3) is 5.95 Å². The molecule has 0 bridgehead atoms. The lowest BCUT2D eigenvalue weighted by Crippen LogP contribution is -2.04. The molecule has 102 valence electrons. The lowest BCUT2D eigenvalue weighted by molar-refractivity contribution is 0.623. The Labute approximate surface area is 124 Å². The van der Waals surface area contributed by atoms with Crippen molar-refractivity contribution in [2.24, 2.45) is 0 Å².